The molecule has 0 aliphatic carbocycles. The van der Waals surface area contributed by atoms with Gasteiger partial charge in [0.1, 0.15) is 11.2 Å². The summed E-state index contributed by atoms with van der Waals surface area (Å²) in [6, 6.07) is 85.2. The fourth-order valence-corrected chi connectivity index (χ4v) is 9.69. The lowest BCUT2D eigenvalue weighted by Crippen LogP contribution is -2.00. The molecule has 0 amide bonds. The molecule has 0 radical (unpaired) electrons. The van der Waals surface area contributed by atoms with E-state index in [-0.39, 0.29) is 0 Å². The van der Waals surface area contributed by atoms with Crippen molar-refractivity contribution in [1.29, 1.82) is 0 Å². The summed E-state index contributed by atoms with van der Waals surface area (Å²) >= 11 is 0. The molecule has 5 heteroatoms. The van der Waals surface area contributed by atoms with Gasteiger partial charge in [0.05, 0.1) is 16.6 Å². The Morgan fingerprint density at radius 3 is 1.43 bits per heavy atom. The molecule has 13 aromatic rings. The summed E-state index contributed by atoms with van der Waals surface area (Å²) in [5, 5.41) is 4.36. The van der Waals surface area contributed by atoms with E-state index in [1.54, 1.807) is 0 Å². The molecule has 10 aromatic carbocycles. The van der Waals surface area contributed by atoms with Gasteiger partial charge < -0.3 is 8.98 Å². The molecule has 0 N–H and O–H groups in total. The van der Waals surface area contributed by atoms with Crippen molar-refractivity contribution in [1.82, 2.24) is 19.5 Å². The predicted molar refractivity (Wildman–Crippen MR) is 279 cm³/mol. The van der Waals surface area contributed by atoms with Crippen LogP contribution in [-0.2, 0) is 0 Å². The van der Waals surface area contributed by atoms with Gasteiger partial charge in [-0.05, 0) is 80.9 Å². The second-order valence-corrected chi connectivity index (χ2v) is 17.2. The molecule has 318 valence electrons. The summed E-state index contributed by atoms with van der Waals surface area (Å²) in [4.78, 5) is 15.6. The molecule has 0 fully saturated rings. The number of benzene rings is 10. The first-order valence-corrected chi connectivity index (χ1v) is 22.9. The van der Waals surface area contributed by atoms with Crippen LogP contribution in [0.4, 0.5) is 0 Å². The molecule has 0 aliphatic heterocycles. The summed E-state index contributed by atoms with van der Waals surface area (Å²) in [5.41, 5.74) is 16.6. The maximum absolute atomic E-state index is 6.99. The Kier molecular flexibility index (Phi) is 9.43. The van der Waals surface area contributed by atoms with Crippen LogP contribution >= 0.6 is 0 Å². The Hall–Kier alpha value is -9.19. The maximum atomic E-state index is 6.99. The molecule has 3 aromatic heterocycles. The smallest absolute Gasteiger partial charge is 0.167 e. The molecular formula is C63H40N4O. The standard InChI is InChI=1S/C63H40N4O/c1-4-15-41(16-5-1)44-29-31-46(32-30-44)49-22-13-24-51(38-49)67-57-28-11-10-25-52(57)55-39-56-53-26-14-27-54(60(53)68-59(56)40-58(55)67)63-65-61(47-35-33-45(34-36-47)42-17-6-2-7-18-42)64-62(66-63)50-23-12-21-48(37-50)43-19-8-3-9-20-43/h1-40H. The number of fused-ring (bicyclic) bond motifs is 6. The molecule has 68 heavy (non-hydrogen) atoms. The highest BCUT2D eigenvalue weighted by atomic mass is 16.3. The number of furan rings is 1. The van der Waals surface area contributed by atoms with Crippen LogP contribution in [0.5, 0.6) is 0 Å². The fraction of sp³-hybridized carbons (Fsp3) is 0. The summed E-state index contributed by atoms with van der Waals surface area (Å²) in [5.74, 6) is 1.71. The van der Waals surface area contributed by atoms with E-state index < -0.39 is 0 Å². The van der Waals surface area contributed by atoms with Crippen molar-refractivity contribution in [3.8, 4) is 84.4 Å². The summed E-state index contributed by atoms with van der Waals surface area (Å²) < 4.78 is 9.35. The zero-order valence-corrected chi connectivity index (χ0v) is 36.8. The van der Waals surface area contributed by atoms with Gasteiger partial charge in [-0.15, -0.1) is 0 Å². The Labute approximate surface area is 392 Å². The highest BCUT2D eigenvalue weighted by molar-refractivity contribution is 6.18. The maximum Gasteiger partial charge on any atom is 0.167 e. The van der Waals surface area contributed by atoms with Gasteiger partial charge in [0.15, 0.2) is 17.5 Å². The van der Waals surface area contributed by atoms with E-state index in [1.807, 2.05) is 12.1 Å². The third kappa shape index (κ3) is 6.93. The second kappa shape index (κ2) is 16.4. The van der Waals surface area contributed by atoms with Crippen molar-refractivity contribution >= 4 is 43.7 Å². The van der Waals surface area contributed by atoms with Gasteiger partial charge in [-0.3, -0.25) is 0 Å². The van der Waals surface area contributed by atoms with Crippen LogP contribution in [0.15, 0.2) is 247 Å². The van der Waals surface area contributed by atoms with Crippen LogP contribution in [-0.4, -0.2) is 19.5 Å². The zero-order valence-electron chi connectivity index (χ0n) is 36.8. The van der Waals surface area contributed by atoms with E-state index in [1.165, 1.54) is 16.5 Å². The Morgan fingerprint density at radius 1 is 0.279 bits per heavy atom. The topological polar surface area (TPSA) is 56.7 Å². The quantitative estimate of drug-likeness (QED) is 0.153. The highest BCUT2D eigenvalue weighted by Crippen LogP contribution is 2.41. The second-order valence-electron chi connectivity index (χ2n) is 17.2. The number of nitrogens with zero attached hydrogens (tertiary/aromatic N) is 4. The Morgan fingerprint density at radius 2 is 0.750 bits per heavy atom. The Bertz CT molecular complexity index is 3990. The molecular weight excluding hydrogens is 829 g/mol. The van der Waals surface area contributed by atoms with Crippen molar-refractivity contribution in [2.45, 2.75) is 0 Å². The number of aromatic nitrogens is 4. The highest BCUT2D eigenvalue weighted by Gasteiger charge is 2.21. The minimum absolute atomic E-state index is 0.542. The summed E-state index contributed by atoms with van der Waals surface area (Å²) in [6.07, 6.45) is 0. The van der Waals surface area contributed by atoms with E-state index in [2.05, 4.69) is 235 Å². The van der Waals surface area contributed by atoms with Crippen LogP contribution < -0.4 is 0 Å². The molecule has 0 aliphatic rings. The van der Waals surface area contributed by atoms with E-state index in [0.717, 1.165) is 94.1 Å². The first-order valence-electron chi connectivity index (χ1n) is 22.9. The van der Waals surface area contributed by atoms with E-state index in [0.29, 0.717) is 17.5 Å². The monoisotopic (exact) mass is 868 g/mol. The molecule has 0 bridgehead atoms. The normalized spacial score (nSPS) is 11.5. The lowest BCUT2D eigenvalue weighted by Gasteiger charge is -2.11. The van der Waals surface area contributed by atoms with E-state index in [9.17, 15) is 0 Å². The molecule has 0 saturated carbocycles. The molecule has 3 heterocycles. The average Bonchev–Trinajstić information content (AvgIpc) is 3.95. The molecule has 0 unspecified atom stereocenters. The van der Waals surface area contributed by atoms with E-state index in [4.69, 9.17) is 19.4 Å². The van der Waals surface area contributed by atoms with Crippen LogP contribution in [0.1, 0.15) is 0 Å². The minimum atomic E-state index is 0.542. The number of hydrogen-bond donors (Lipinski definition) is 0. The third-order valence-electron chi connectivity index (χ3n) is 13.1. The van der Waals surface area contributed by atoms with Crippen molar-refractivity contribution in [2.75, 3.05) is 0 Å². The minimum Gasteiger partial charge on any atom is -0.455 e. The lowest BCUT2D eigenvalue weighted by molar-refractivity contribution is 0.670. The van der Waals surface area contributed by atoms with Gasteiger partial charge in [-0.2, -0.15) is 0 Å². The third-order valence-corrected chi connectivity index (χ3v) is 13.1. The Balaban J connectivity index is 0.950. The van der Waals surface area contributed by atoms with Crippen molar-refractivity contribution in [2.24, 2.45) is 0 Å². The number of rotatable bonds is 8. The SMILES string of the molecule is c1ccc(-c2ccc(-c3cccc(-n4c5ccccc5c5cc6c(cc54)oc4c(-c5nc(-c7ccc(-c8ccccc8)cc7)nc(-c7cccc(-c8ccccc8)c7)n5)cccc46)c3)cc2)cc1. The fourth-order valence-electron chi connectivity index (χ4n) is 9.69. The molecule has 5 nitrogen and oxygen atoms in total. The van der Waals surface area contributed by atoms with Gasteiger partial charge >= 0.3 is 0 Å². The van der Waals surface area contributed by atoms with Gasteiger partial charge in [0, 0.05) is 44.4 Å². The largest absolute Gasteiger partial charge is 0.455 e. The molecule has 13 rings (SSSR count). The first kappa shape index (κ1) is 39.2. The van der Waals surface area contributed by atoms with Crippen LogP contribution in [0.25, 0.3) is 128 Å². The van der Waals surface area contributed by atoms with Crippen LogP contribution in [0.3, 0.4) is 0 Å². The van der Waals surface area contributed by atoms with Crippen LogP contribution in [0, 0.1) is 0 Å². The number of para-hydroxylation sites is 2. The van der Waals surface area contributed by atoms with Crippen molar-refractivity contribution in [3.05, 3.63) is 243 Å². The van der Waals surface area contributed by atoms with Gasteiger partial charge in [-0.25, -0.2) is 15.0 Å². The first-order chi connectivity index (χ1) is 33.7. The summed E-state index contributed by atoms with van der Waals surface area (Å²) in [7, 11) is 0. The van der Waals surface area contributed by atoms with Crippen molar-refractivity contribution < 1.29 is 4.42 Å². The lowest BCUT2D eigenvalue weighted by atomic mass is 10.00. The zero-order chi connectivity index (χ0) is 45.0. The van der Waals surface area contributed by atoms with Gasteiger partial charge in [0.2, 0.25) is 0 Å². The molecule has 0 atom stereocenters. The molecule has 0 spiro atoms. The number of hydrogen-bond acceptors (Lipinski definition) is 4. The van der Waals surface area contributed by atoms with Gasteiger partial charge in [-0.1, -0.05) is 200 Å². The average molecular weight is 869 g/mol. The van der Waals surface area contributed by atoms with Gasteiger partial charge in [0.25, 0.3) is 0 Å². The van der Waals surface area contributed by atoms with E-state index >= 15 is 0 Å². The molecule has 0 saturated heterocycles. The van der Waals surface area contributed by atoms with Crippen LogP contribution in [0.2, 0.25) is 0 Å². The van der Waals surface area contributed by atoms with Crippen molar-refractivity contribution in [3.63, 3.8) is 0 Å². The predicted octanol–water partition coefficient (Wildman–Crippen LogP) is 16.5. The summed E-state index contributed by atoms with van der Waals surface area (Å²) in [6.45, 7) is 0.